The largest absolute Gasteiger partial charge is 0.456 e. The maximum absolute atomic E-state index is 12.3. The molecule has 0 spiro atoms. The van der Waals surface area contributed by atoms with Gasteiger partial charge in [0.05, 0.1) is 0 Å². The molecule has 0 unspecified atom stereocenters. The molecule has 1 aromatic heterocycles. The van der Waals surface area contributed by atoms with E-state index in [0.29, 0.717) is 11.1 Å². The molecular formula is C19H21N3O5S. The molecule has 8 nitrogen and oxygen atoms in total. The molecule has 0 fully saturated rings. The van der Waals surface area contributed by atoms with Crippen molar-refractivity contribution in [1.29, 1.82) is 0 Å². The van der Waals surface area contributed by atoms with Crippen molar-refractivity contribution in [2.45, 2.75) is 18.7 Å². The van der Waals surface area contributed by atoms with Gasteiger partial charge in [0, 0.05) is 36.6 Å². The standard InChI is InChI=1S/C19H21N3O5S/c1-12-9-15(13(2)22(12)4)16(23)11-27-18(24)10-21(3)19-14-7-5-6-8-17(14)28(25,26)20-19/h5-9H,10-11H2,1-4H3. The third-order valence-electron chi connectivity index (χ3n) is 4.78. The number of likely N-dealkylation sites (N-methyl/N-ethyl adjacent to an activating group) is 1. The van der Waals surface area contributed by atoms with E-state index in [-0.39, 0.29) is 29.7 Å². The van der Waals surface area contributed by atoms with Crippen LogP contribution in [0.4, 0.5) is 0 Å². The van der Waals surface area contributed by atoms with Crippen LogP contribution in [0.25, 0.3) is 0 Å². The number of carbonyl (C=O) groups excluding carboxylic acids is 2. The van der Waals surface area contributed by atoms with E-state index in [4.69, 9.17) is 4.74 Å². The van der Waals surface area contributed by atoms with E-state index >= 15 is 0 Å². The number of ketones is 1. The second kappa shape index (κ2) is 7.23. The predicted molar refractivity (Wildman–Crippen MR) is 103 cm³/mol. The van der Waals surface area contributed by atoms with Crippen LogP contribution in [-0.4, -0.2) is 55.7 Å². The topological polar surface area (TPSA) is 98.0 Å². The number of rotatable bonds is 5. The minimum Gasteiger partial charge on any atom is -0.456 e. The highest BCUT2D eigenvalue weighted by Crippen LogP contribution is 2.26. The fourth-order valence-corrected chi connectivity index (χ4v) is 4.29. The van der Waals surface area contributed by atoms with E-state index < -0.39 is 16.0 Å². The summed E-state index contributed by atoms with van der Waals surface area (Å²) < 4.78 is 34.9. The van der Waals surface area contributed by atoms with Crippen molar-refractivity contribution in [1.82, 2.24) is 9.47 Å². The van der Waals surface area contributed by atoms with Crippen LogP contribution < -0.4 is 0 Å². The lowest BCUT2D eigenvalue weighted by Crippen LogP contribution is -2.33. The fourth-order valence-electron chi connectivity index (χ4n) is 3.04. The van der Waals surface area contributed by atoms with Crippen molar-refractivity contribution in [3.8, 4) is 0 Å². The molecule has 148 valence electrons. The molecule has 1 aromatic carbocycles. The number of ether oxygens (including phenoxy) is 1. The minimum absolute atomic E-state index is 0.107. The molecular weight excluding hydrogens is 382 g/mol. The summed E-state index contributed by atoms with van der Waals surface area (Å²) >= 11 is 0. The third-order valence-corrected chi connectivity index (χ3v) is 6.11. The molecule has 1 aliphatic rings. The Morgan fingerprint density at radius 2 is 1.89 bits per heavy atom. The Balaban J connectivity index is 1.64. The Labute approximate surface area is 163 Å². The number of benzene rings is 1. The summed E-state index contributed by atoms with van der Waals surface area (Å²) in [5, 5.41) is 0. The van der Waals surface area contributed by atoms with E-state index in [0.717, 1.165) is 11.4 Å². The van der Waals surface area contributed by atoms with E-state index in [9.17, 15) is 18.0 Å². The van der Waals surface area contributed by atoms with Gasteiger partial charge >= 0.3 is 5.97 Å². The number of aryl methyl sites for hydroxylation is 1. The number of amidine groups is 1. The SMILES string of the molecule is Cc1cc(C(=O)COC(=O)CN(C)C2=NS(=O)(=O)c3ccccc32)c(C)n1C. The summed E-state index contributed by atoms with van der Waals surface area (Å²) in [5.41, 5.74) is 2.69. The van der Waals surface area contributed by atoms with Gasteiger partial charge in [-0.05, 0) is 32.0 Å². The Kier molecular flexibility index (Phi) is 5.12. The van der Waals surface area contributed by atoms with E-state index in [1.165, 1.54) is 11.0 Å². The first kappa shape index (κ1) is 19.8. The van der Waals surface area contributed by atoms with Crippen LogP contribution in [0, 0.1) is 13.8 Å². The fraction of sp³-hybridized carbons (Fsp3) is 0.316. The normalized spacial score (nSPS) is 14.4. The second-order valence-electron chi connectivity index (χ2n) is 6.67. The van der Waals surface area contributed by atoms with Gasteiger partial charge in [-0.25, -0.2) is 0 Å². The first-order chi connectivity index (χ1) is 13.1. The maximum Gasteiger partial charge on any atom is 0.326 e. The summed E-state index contributed by atoms with van der Waals surface area (Å²) in [7, 11) is -0.362. The van der Waals surface area contributed by atoms with Gasteiger partial charge in [-0.15, -0.1) is 4.40 Å². The molecule has 2 aromatic rings. The number of sulfonamides is 1. The van der Waals surface area contributed by atoms with Gasteiger partial charge in [-0.1, -0.05) is 12.1 Å². The molecule has 0 aliphatic carbocycles. The monoisotopic (exact) mass is 403 g/mol. The van der Waals surface area contributed by atoms with Crippen molar-refractivity contribution in [3.63, 3.8) is 0 Å². The van der Waals surface area contributed by atoms with Crippen molar-refractivity contribution in [3.05, 3.63) is 52.8 Å². The minimum atomic E-state index is -3.77. The summed E-state index contributed by atoms with van der Waals surface area (Å²) in [6.07, 6.45) is 0. The third kappa shape index (κ3) is 3.57. The zero-order chi connectivity index (χ0) is 20.6. The van der Waals surface area contributed by atoms with Crippen molar-refractivity contribution >= 4 is 27.6 Å². The summed E-state index contributed by atoms with van der Waals surface area (Å²) in [6, 6.07) is 8.17. The second-order valence-corrected chi connectivity index (χ2v) is 8.24. The average molecular weight is 403 g/mol. The summed E-state index contributed by atoms with van der Waals surface area (Å²) in [5.74, 6) is -0.762. The Morgan fingerprint density at radius 3 is 2.54 bits per heavy atom. The van der Waals surface area contributed by atoms with E-state index in [1.54, 1.807) is 31.3 Å². The molecule has 0 bridgehead atoms. The highest BCUT2D eigenvalue weighted by atomic mass is 32.2. The van der Waals surface area contributed by atoms with Crippen LogP contribution in [0.3, 0.4) is 0 Å². The first-order valence-corrected chi connectivity index (χ1v) is 10.0. The van der Waals surface area contributed by atoms with Crippen LogP contribution in [-0.2, 0) is 26.6 Å². The van der Waals surface area contributed by atoms with Crippen LogP contribution >= 0.6 is 0 Å². The first-order valence-electron chi connectivity index (χ1n) is 8.59. The summed E-state index contributed by atoms with van der Waals surface area (Å²) in [4.78, 5) is 26.0. The number of nitrogens with zero attached hydrogens (tertiary/aromatic N) is 3. The Hall–Kier alpha value is -2.94. The number of hydrogen-bond acceptors (Lipinski definition) is 6. The lowest BCUT2D eigenvalue weighted by atomic mass is 10.1. The van der Waals surface area contributed by atoms with Gasteiger partial charge in [-0.2, -0.15) is 8.42 Å². The number of aromatic nitrogens is 1. The number of carbonyl (C=O) groups is 2. The number of hydrogen-bond donors (Lipinski definition) is 0. The van der Waals surface area contributed by atoms with Gasteiger partial charge in [-0.3, -0.25) is 9.59 Å². The van der Waals surface area contributed by atoms with Crippen LogP contribution in [0.5, 0.6) is 0 Å². The highest BCUT2D eigenvalue weighted by Gasteiger charge is 2.31. The lowest BCUT2D eigenvalue weighted by molar-refractivity contribution is -0.142. The van der Waals surface area contributed by atoms with Crippen molar-refractivity contribution in [2.75, 3.05) is 20.2 Å². The maximum atomic E-state index is 12.3. The van der Waals surface area contributed by atoms with Crippen LogP contribution in [0.15, 0.2) is 39.6 Å². The van der Waals surface area contributed by atoms with Gasteiger partial charge < -0.3 is 14.2 Å². The van der Waals surface area contributed by atoms with Gasteiger partial charge in [0.15, 0.2) is 12.4 Å². The zero-order valence-electron chi connectivity index (χ0n) is 16.1. The number of esters is 1. The van der Waals surface area contributed by atoms with Gasteiger partial charge in [0.1, 0.15) is 11.4 Å². The van der Waals surface area contributed by atoms with Crippen molar-refractivity contribution in [2.24, 2.45) is 11.4 Å². The predicted octanol–water partition coefficient (Wildman–Crippen LogP) is 1.45. The average Bonchev–Trinajstić information content (AvgIpc) is 3.08. The van der Waals surface area contributed by atoms with Gasteiger partial charge in [0.25, 0.3) is 10.0 Å². The zero-order valence-corrected chi connectivity index (χ0v) is 16.9. The molecule has 1 aliphatic heterocycles. The van der Waals surface area contributed by atoms with E-state index in [1.807, 2.05) is 25.5 Å². The van der Waals surface area contributed by atoms with E-state index in [2.05, 4.69) is 4.40 Å². The number of fused-ring (bicyclic) bond motifs is 1. The molecule has 0 radical (unpaired) electrons. The molecule has 2 heterocycles. The smallest absolute Gasteiger partial charge is 0.326 e. The van der Waals surface area contributed by atoms with Gasteiger partial charge in [0.2, 0.25) is 5.78 Å². The molecule has 9 heteroatoms. The molecule has 0 saturated heterocycles. The summed E-state index contributed by atoms with van der Waals surface area (Å²) in [6.45, 7) is 3.10. The lowest BCUT2D eigenvalue weighted by Gasteiger charge is -2.17. The van der Waals surface area contributed by atoms with Crippen molar-refractivity contribution < 1.29 is 22.7 Å². The highest BCUT2D eigenvalue weighted by molar-refractivity contribution is 7.90. The molecule has 0 N–H and O–H groups in total. The van der Waals surface area contributed by atoms with Crippen LogP contribution in [0.1, 0.15) is 27.3 Å². The Bertz CT molecular complexity index is 1100. The Morgan fingerprint density at radius 1 is 1.21 bits per heavy atom. The molecule has 0 amide bonds. The molecule has 0 saturated carbocycles. The quantitative estimate of drug-likeness (QED) is 0.554. The number of Topliss-reactive ketones (excluding diaryl/α,β-unsaturated/α-hetero) is 1. The molecule has 3 rings (SSSR count). The molecule has 0 atom stereocenters. The van der Waals surface area contributed by atoms with Crippen LogP contribution in [0.2, 0.25) is 0 Å². The molecule has 28 heavy (non-hydrogen) atoms.